The van der Waals surface area contributed by atoms with Gasteiger partial charge in [0.05, 0.1) is 130 Å². The van der Waals surface area contributed by atoms with Crippen LogP contribution in [0.4, 0.5) is 0 Å². The number of ether oxygens (including phenoxy) is 16. The van der Waals surface area contributed by atoms with Gasteiger partial charge in [0.2, 0.25) is 35.4 Å². The van der Waals surface area contributed by atoms with E-state index in [2.05, 4.69) is 31.9 Å². The molecule has 30 atom stereocenters. The average Bonchev–Trinajstić information content (AvgIpc) is 0.781. The monoisotopic (exact) mass is 1790 g/mol. The van der Waals surface area contributed by atoms with Gasteiger partial charge >= 0.3 is 0 Å². The molecule has 0 unspecified atom stereocenters. The molecule has 0 aromatic heterocycles. The first-order valence-electron chi connectivity index (χ1n) is 41.3. The highest BCUT2D eigenvalue weighted by Gasteiger charge is 2.53. The van der Waals surface area contributed by atoms with Crippen molar-refractivity contribution in [3.05, 3.63) is 0 Å². The molecular weight excluding hydrogens is 1660 g/mol. The van der Waals surface area contributed by atoms with E-state index in [0.717, 1.165) is 19.3 Å². The SMILES string of the molecule is CCNC(=O)CCCCCCC(=O)NCCO[C@H]1O[C@H](CO[C@H]2O[C@H](CO)[C@@H](O)[C@H](O)[C@@H]2O)[C@@H](O)[C@H](O[C@H]2O[C@H](CO)[C@@H](O)[C@H](O)[C@@H]2O)[C@@H]1O.CCNC(=O)CCOCC(COCCC(=O)NCCO[C@H]1O[C@H](CO)[C@@H](O)[C@H](C)[C@@H]1O)(COCCC(=O)NCCO[C@H]1O[C@H](CO)[C@@H](O)[C@H](O)[C@@H]1O)COCCC(=O)NCCO[C@H]1O[C@H](CO)[C@@H](O)[C@H](O)[C@@H]1O. The van der Waals surface area contributed by atoms with Crippen molar-refractivity contribution in [2.45, 2.75) is 263 Å². The number of aliphatic hydroxyl groups excluding tert-OH is 21. The molecule has 0 spiro atoms. The number of hydrogen-bond acceptors (Lipinski definition) is 43. The molecule has 718 valence electrons. The summed E-state index contributed by atoms with van der Waals surface area (Å²) in [4.78, 5) is 74.1. The molecule has 0 bridgehead atoms. The molecule has 0 aliphatic carbocycles. The topological polar surface area (TPSA) is 747 Å². The molecule has 49 nitrogen and oxygen atoms in total. The summed E-state index contributed by atoms with van der Waals surface area (Å²) in [5.41, 5.74) is -1.14. The lowest BCUT2D eigenvalue weighted by atomic mass is 9.91. The normalized spacial score (nSPS) is 34.1. The Morgan fingerprint density at radius 3 is 0.886 bits per heavy atom. The molecule has 6 aliphatic heterocycles. The summed E-state index contributed by atoms with van der Waals surface area (Å²) < 4.78 is 89.3. The molecule has 49 heteroatoms. The van der Waals surface area contributed by atoms with E-state index in [1.165, 1.54) is 0 Å². The van der Waals surface area contributed by atoms with Gasteiger partial charge in [-0.2, -0.15) is 0 Å². The van der Waals surface area contributed by atoms with Crippen LogP contribution in [-0.2, 0) is 105 Å². The second kappa shape index (κ2) is 58.1. The maximum absolute atomic E-state index is 12.7. The van der Waals surface area contributed by atoms with E-state index in [4.69, 9.17) is 75.8 Å². The lowest BCUT2D eigenvalue weighted by Crippen LogP contribution is -2.65. The van der Waals surface area contributed by atoms with Crippen LogP contribution in [0.3, 0.4) is 0 Å². The van der Waals surface area contributed by atoms with Crippen molar-refractivity contribution < 1.29 is 212 Å². The van der Waals surface area contributed by atoms with Gasteiger partial charge in [-0.3, -0.25) is 28.8 Å². The van der Waals surface area contributed by atoms with Crippen molar-refractivity contribution >= 4 is 35.4 Å². The Bertz CT molecular complexity index is 2800. The van der Waals surface area contributed by atoms with Crippen LogP contribution in [0.25, 0.3) is 0 Å². The number of rotatable bonds is 55. The molecule has 0 aromatic carbocycles. The number of amides is 6. The van der Waals surface area contributed by atoms with Crippen molar-refractivity contribution in [2.75, 3.05) is 158 Å². The van der Waals surface area contributed by atoms with E-state index in [-0.39, 0.29) is 155 Å². The van der Waals surface area contributed by atoms with E-state index in [1.54, 1.807) is 13.8 Å². The van der Waals surface area contributed by atoms with E-state index in [9.17, 15) is 136 Å². The molecule has 6 fully saturated rings. The Hall–Kier alpha value is -4.66. The largest absolute Gasteiger partial charge is 0.394 e. The molecule has 6 amide bonds. The van der Waals surface area contributed by atoms with Crippen molar-refractivity contribution in [3.63, 3.8) is 0 Å². The fourth-order valence-corrected chi connectivity index (χ4v) is 13.3. The minimum absolute atomic E-state index is 0.00454. The second-order valence-electron chi connectivity index (χ2n) is 30.2. The van der Waals surface area contributed by atoms with Crippen molar-refractivity contribution in [2.24, 2.45) is 11.3 Å². The van der Waals surface area contributed by atoms with Crippen LogP contribution in [-0.4, -0.2) is 479 Å². The zero-order valence-corrected chi connectivity index (χ0v) is 69.2. The van der Waals surface area contributed by atoms with Gasteiger partial charge < -0.3 is 215 Å². The first kappa shape index (κ1) is 109. The molecule has 6 heterocycles. The number of carbonyl (C=O) groups excluding carboxylic acids is 6. The van der Waals surface area contributed by atoms with Gasteiger partial charge in [0.25, 0.3) is 0 Å². The second-order valence-corrected chi connectivity index (χ2v) is 30.2. The lowest BCUT2D eigenvalue weighted by Gasteiger charge is -2.46. The zero-order valence-electron chi connectivity index (χ0n) is 69.2. The zero-order chi connectivity index (χ0) is 90.9. The number of carbonyl (C=O) groups is 6. The highest BCUT2D eigenvalue weighted by molar-refractivity contribution is 5.77. The van der Waals surface area contributed by atoms with E-state index in [1.807, 2.05) is 6.92 Å². The number of nitrogens with one attached hydrogen (secondary N) is 6. The van der Waals surface area contributed by atoms with Crippen LogP contribution < -0.4 is 31.9 Å². The number of unbranched alkanes of at least 4 members (excludes halogenated alkanes) is 3. The van der Waals surface area contributed by atoms with Gasteiger partial charge in [0.1, 0.15) is 134 Å². The summed E-state index contributed by atoms with van der Waals surface area (Å²) in [7, 11) is 0. The molecule has 123 heavy (non-hydrogen) atoms. The fraction of sp³-hybridized carbons (Fsp3) is 0.919. The Labute approximate surface area is 709 Å². The summed E-state index contributed by atoms with van der Waals surface area (Å²) in [5, 5.41) is 227. The van der Waals surface area contributed by atoms with Crippen molar-refractivity contribution in [3.8, 4) is 0 Å². The minimum Gasteiger partial charge on any atom is -0.394 e. The number of aliphatic hydroxyl groups is 21. The van der Waals surface area contributed by atoms with Crippen LogP contribution >= 0.6 is 0 Å². The first-order chi connectivity index (χ1) is 58.7. The summed E-state index contributed by atoms with van der Waals surface area (Å²) >= 11 is 0. The third-order valence-electron chi connectivity index (χ3n) is 20.6. The predicted molar refractivity (Wildman–Crippen MR) is 409 cm³/mol. The molecule has 0 radical (unpaired) electrons. The van der Waals surface area contributed by atoms with Crippen molar-refractivity contribution in [1.82, 2.24) is 31.9 Å². The number of hydrogen-bond donors (Lipinski definition) is 27. The van der Waals surface area contributed by atoms with Gasteiger partial charge in [-0.25, -0.2) is 0 Å². The van der Waals surface area contributed by atoms with E-state index < -0.39 is 247 Å². The molecule has 27 N–H and O–H groups in total. The Morgan fingerprint density at radius 1 is 0.285 bits per heavy atom. The third-order valence-corrected chi connectivity index (χ3v) is 20.6. The molecule has 6 rings (SSSR count). The third kappa shape index (κ3) is 35.6. The van der Waals surface area contributed by atoms with Gasteiger partial charge in [0.15, 0.2) is 37.7 Å². The van der Waals surface area contributed by atoms with E-state index >= 15 is 0 Å². The minimum atomic E-state index is -1.88. The summed E-state index contributed by atoms with van der Waals surface area (Å²) in [6.07, 6.45) is -40.7. The Morgan fingerprint density at radius 2 is 0.553 bits per heavy atom. The van der Waals surface area contributed by atoms with Crippen LogP contribution in [0.2, 0.25) is 0 Å². The Kier molecular flexibility index (Phi) is 51.4. The summed E-state index contributed by atoms with van der Waals surface area (Å²) in [6, 6.07) is 0. The van der Waals surface area contributed by atoms with Crippen molar-refractivity contribution in [1.29, 1.82) is 0 Å². The van der Waals surface area contributed by atoms with Gasteiger partial charge in [0, 0.05) is 83.7 Å². The van der Waals surface area contributed by atoms with Crippen LogP contribution in [0.1, 0.15) is 85.0 Å². The molecular formula is C74H134N6O43. The molecule has 0 saturated carbocycles. The lowest BCUT2D eigenvalue weighted by molar-refractivity contribution is -0.366. The first-order valence-corrected chi connectivity index (χ1v) is 41.3. The van der Waals surface area contributed by atoms with Gasteiger partial charge in [-0.1, -0.05) is 19.8 Å². The van der Waals surface area contributed by atoms with Crippen LogP contribution in [0, 0.1) is 11.3 Å². The average molecular weight is 1800 g/mol. The summed E-state index contributed by atoms with van der Waals surface area (Å²) in [5.74, 6) is -2.50. The van der Waals surface area contributed by atoms with Gasteiger partial charge in [-0.15, -0.1) is 0 Å². The molecule has 6 saturated heterocycles. The van der Waals surface area contributed by atoms with Gasteiger partial charge in [-0.05, 0) is 26.7 Å². The smallest absolute Gasteiger partial charge is 0.222 e. The predicted octanol–water partition coefficient (Wildman–Crippen LogP) is -14.1. The quantitative estimate of drug-likeness (QED) is 0.0251. The highest BCUT2D eigenvalue weighted by Crippen LogP contribution is 2.33. The standard InChI is InChI=1S/C44H80N4O25.C30H54N2O18/c1-3-45-29(52)4-11-64-21-44(22-65-12-5-30(53)46-8-15-68-41-34(57)25(2)33(56)26(18-49)71-41,23-66-13-6-31(54)47-9-16-69-42-39(62)37(60)35(58)27(19-50)72-42)24-67-14-7-32(55)48-10-17-70-43-40(63)38(61)36(59)28(20-51)73-43;1-2-31-17(35)7-5-3-4-6-8-18(36)32-9-10-45-29-26(44)27(50-30-25(43)23(41)20(38)15(12-34)48-30)21(39)16(49-29)13-46-28-24(42)22(40)19(37)14(11-33)47-28/h25-28,33-43,49-51,56-63H,3-24H2,1-2H3,(H,45,52)(H,46,53)(H,47,54)(H,48,55);14-16,19-30,33-34,37-44H,2-13H2,1H3,(H,31,35)(H,32,36)/t25-,26+,27+,28+,33-,34-,35+,36+,37-,38-,39-,40-,41-,42-,43-;14-,15-,16-,19-,20-,21-,22+,23+,24+,25+,26+,27+,28+,29+,30-/m01/s1. The summed E-state index contributed by atoms with van der Waals surface area (Å²) in [6.45, 7) is 0.735. The van der Waals surface area contributed by atoms with Crippen LogP contribution in [0.15, 0.2) is 0 Å². The Balaban J connectivity index is 0.000000468. The fourth-order valence-electron chi connectivity index (χ4n) is 13.3. The molecule has 6 aliphatic rings. The maximum atomic E-state index is 12.7. The van der Waals surface area contributed by atoms with Crippen LogP contribution in [0.5, 0.6) is 0 Å². The molecule has 0 aromatic rings. The highest BCUT2D eigenvalue weighted by atomic mass is 16.8. The maximum Gasteiger partial charge on any atom is 0.222 e. The van der Waals surface area contributed by atoms with E-state index in [0.29, 0.717) is 25.9 Å².